The lowest BCUT2D eigenvalue weighted by Crippen LogP contribution is -2.32. The molecule has 2 saturated carbocycles. The molecular weight excluding hydrogens is 304 g/mol. The molecule has 2 N–H and O–H groups in total. The van der Waals surface area contributed by atoms with Gasteiger partial charge in [-0.25, -0.2) is 13.1 Å². The lowest BCUT2D eigenvalue weighted by Gasteiger charge is -2.17. The van der Waals surface area contributed by atoms with Crippen LogP contribution in [0.3, 0.4) is 0 Å². The summed E-state index contributed by atoms with van der Waals surface area (Å²) >= 11 is 1.52. The number of sulfonamides is 1. The third kappa shape index (κ3) is 3.50. The zero-order valence-corrected chi connectivity index (χ0v) is 14.3. The van der Waals surface area contributed by atoms with E-state index in [9.17, 15) is 8.42 Å². The van der Waals surface area contributed by atoms with Gasteiger partial charge in [-0.05, 0) is 68.4 Å². The van der Waals surface area contributed by atoms with Gasteiger partial charge in [-0.3, -0.25) is 0 Å². The maximum Gasteiger partial charge on any atom is 0.241 e. The zero-order valence-electron chi connectivity index (χ0n) is 12.7. The number of nitrogens with one attached hydrogen (secondary N) is 2. The van der Waals surface area contributed by atoms with Crippen LogP contribution in [0.1, 0.15) is 36.1 Å². The number of hydrogen-bond donors (Lipinski definition) is 2. The van der Waals surface area contributed by atoms with Gasteiger partial charge in [0.2, 0.25) is 10.0 Å². The minimum atomic E-state index is -3.39. The molecule has 2 aliphatic carbocycles. The summed E-state index contributed by atoms with van der Waals surface area (Å²) in [6.45, 7) is 3.10. The second-order valence-corrected chi connectivity index (χ2v) is 9.06. The van der Waals surface area contributed by atoms with E-state index in [0.29, 0.717) is 23.9 Å². The Kier molecular flexibility index (Phi) is 4.41. The van der Waals surface area contributed by atoms with Crippen molar-refractivity contribution in [1.29, 1.82) is 0 Å². The summed E-state index contributed by atoms with van der Waals surface area (Å²) < 4.78 is 28.2. The molecule has 1 aromatic heterocycles. The Morgan fingerprint density at radius 2 is 1.90 bits per heavy atom. The van der Waals surface area contributed by atoms with Gasteiger partial charge >= 0.3 is 0 Å². The molecule has 118 valence electrons. The molecule has 0 atom stereocenters. The highest BCUT2D eigenvalue weighted by Gasteiger charge is 2.41. The van der Waals surface area contributed by atoms with E-state index in [0.717, 1.165) is 22.3 Å². The van der Waals surface area contributed by atoms with Gasteiger partial charge in [0.05, 0.1) is 0 Å². The van der Waals surface area contributed by atoms with Crippen molar-refractivity contribution >= 4 is 21.4 Å². The Morgan fingerprint density at radius 3 is 2.43 bits per heavy atom. The fourth-order valence-electron chi connectivity index (χ4n) is 3.18. The Hall–Kier alpha value is -0.430. The molecule has 0 spiro atoms. The largest absolute Gasteiger partial charge is 0.315 e. The molecule has 3 rings (SSSR count). The average Bonchev–Trinajstić information content (AvgIpc) is 3.31. The van der Waals surface area contributed by atoms with Crippen LogP contribution in [-0.4, -0.2) is 22.0 Å². The first-order chi connectivity index (χ1) is 10.0. The molecule has 0 aliphatic heterocycles. The molecule has 0 aromatic carbocycles. The van der Waals surface area contributed by atoms with E-state index in [2.05, 4.69) is 10.0 Å². The normalized spacial score (nSPS) is 19.4. The molecule has 6 heteroatoms. The van der Waals surface area contributed by atoms with Crippen LogP contribution < -0.4 is 10.0 Å². The van der Waals surface area contributed by atoms with Gasteiger partial charge in [-0.2, -0.15) is 0 Å². The SMILES string of the molecule is CNCc1scc(C)c1S(=O)(=O)NCC(C1CC1)C1CC1. The van der Waals surface area contributed by atoms with Gasteiger partial charge in [0.1, 0.15) is 4.90 Å². The van der Waals surface area contributed by atoms with Gasteiger partial charge in [-0.15, -0.1) is 11.3 Å². The van der Waals surface area contributed by atoms with Crippen molar-refractivity contribution in [2.24, 2.45) is 17.8 Å². The maximum absolute atomic E-state index is 12.7. The van der Waals surface area contributed by atoms with E-state index in [-0.39, 0.29) is 0 Å². The first-order valence-corrected chi connectivity index (χ1v) is 10.1. The fourth-order valence-corrected chi connectivity index (χ4v) is 6.07. The number of rotatable bonds is 8. The Bertz CT molecular complexity index is 589. The first kappa shape index (κ1) is 15.5. The van der Waals surface area contributed by atoms with E-state index < -0.39 is 10.0 Å². The standard InChI is InChI=1S/C15H24N2O2S2/c1-10-9-20-14(8-16-2)15(10)21(18,19)17-7-13(11-3-4-11)12-5-6-12/h9,11-13,16-17H,3-8H2,1-2H3. The van der Waals surface area contributed by atoms with Crippen molar-refractivity contribution in [3.63, 3.8) is 0 Å². The molecule has 0 saturated heterocycles. The highest BCUT2D eigenvalue weighted by Crippen LogP contribution is 2.49. The van der Waals surface area contributed by atoms with Crippen molar-refractivity contribution in [2.45, 2.75) is 44.0 Å². The van der Waals surface area contributed by atoms with Crippen molar-refractivity contribution < 1.29 is 8.42 Å². The van der Waals surface area contributed by atoms with Crippen molar-refractivity contribution in [2.75, 3.05) is 13.6 Å². The van der Waals surface area contributed by atoms with Crippen LogP contribution in [-0.2, 0) is 16.6 Å². The van der Waals surface area contributed by atoms with Crippen LogP contribution in [0.15, 0.2) is 10.3 Å². The van der Waals surface area contributed by atoms with E-state index in [1.807, 2.05) is 19.4 Å². The zero-order chi connectivity index (χ0) is 15.0. The predicted octanol–water partition coefficient (Wildman–Crippen LogP) is 2.49. The van der Waals surface area contributed by atoms with E-state index in [1.165, 1.54) is 37.0 Å². The van der Waals surface area contributed by atoms with Gasteiger partial charge in [0.15, 0.2) is 0 Å². The second kappa shape index (κ2) is 5.99. The number of thiophene rings is 1. The van der Waals surface area contributed by atoms with Crippen molar-refractivity contribution in [3.05, 3.63) is 15.8 Å². The summed E-state index contributed by atoms with van der Waals surface area (Å²) in [4.78, 5) is 1.39. The van der Waals surface area contributed by atoms with Crippen LogP contribution in [0.4, 0.5) is 0 Å². The molecule has 21 heavy (non-hydrogen) atoms. The van der Waals surface area contributed by atoms with Crippen molar-refractivity contribution in [3.8, 4) is 0 Å². The van der Waals surface area contributed by atoms with Gasteiger partial charge in [0, 0.05) is 18.0 Å². The van der Waals surface area contributed by atoms with Gasteiger partial charge in [0.25, 0.3) is 0 Å². The topological polar surface area (TPSA) is 58.2 Å². The molecule has 4 nitrogen and oxygen atoms in total. The van der Waals surface area contributed by atoms with Gasteiger partial charge < -0.3 is 5.32 Å². The second-order valence-electron chi connectivity index (χ2n) is 6.39. The third-order valence-electron chi connectivity index (χ3n) is 4.56. The van der Waals surface area contributed by atoms with Crippen LogP contribution in [0.2, 0.25) is 0 Å². The summed E-state index contributed by atoms with van der Waals surface area (Å²) in [7, 11) is -1.54. The molecule has 2 aliphatic rings. The number of aryl methyl sites for hydroxylation is 1. The first-order valence-electron chi connectivity index (χ1n) is 7.74. The minimum Gasteiger partial charge on any atom is -0.315 e. The molecular formula is C15H24N2O2S2. The minimum absolute atomic E-state index is 0.493. The summed E-state index contributed by atoms with van der Waals surface area (Å²) in [5.41, 5.74) is 0.854. The monoisotopic (exact) mass is 328 g/mol. The fraction of sp³-hybridized carbons (Fsp3) is 0.733. The van der Waals surface area contributed by atoms with Crippen LogP contribution in [0.5, 0.6) is 0 Å². The lowest BCUT2D eigenvalue weighted by molar-refractivity contribution is 0.401. The van der Waals surface area contributed by atoms with Crippen LogP contribution >= 0.6 is 11.3 Å². The predicted molar refractivity (Wildman–Crippen MR) is 85.9 cm³/mol. The highest BCUT2D eigenvalue weighted by atomic mass is 32.2. The quantitative estimate of drug-likeness (QED) is 0.771. The number of hydrogen-bond acceptors (Lipinski definition) is 4. The van der Waals surface area contributed by atoms with E-state index in [1.54, 1.807) is 0 Å². The molecule has 1 heterocycles. The summed E-state index contributed by atoms with van der Waals surface area (Å²) in [6, 6.07) is 0. The lowest BCUT2D eigenvalue weighted by atomic mass is 9.99. The summed E-state index contributed by atoms with van der Waals surface area (Å²) in [6.07, 6.45) is 5.13. The highest BCUT2D eigenvalue weighted by molar-refractivity contribution is 7.89. The van der Waals surface area contributed by atoms with Crippen LogP contribution in [0, 0.1) is 24.7 Å². The van der Waals surface area contributed by atoms with E-state index in [4.69, 9.17) is 0 Å². The average molecular weight is 329 g/mol. The molecule has 1 aromatic rings. The molecule has 0 radical (unpaired) electrons. The molecule has 0 bridgehead atoms. The maximum atomic E-state index is 12.7. The van der Waals surface area contributed by atoms with E-state index >= 15 is 0 Å². The Balaban J connectivity index is 1.72. The Labute approximate surface area is 131 Å². The van der Waals surface area contributed by atoms with Crippen molar-refractivity contribution in [1.82, 2.24) is 10.0 Å². The molecule has 0 unspecified atom stereocenters. The Morgan fingerprint density at radius 1 is 1.29 bits per heavy atom. The smallest absolute Gasteiger partial charge is 0.241 e. The summed E-state index contributed by atoms with van der Waals surface area (Å²) in [5, 5.41) is 4.98. The molecule has 2 fully saturated rings. The van der Waals surface area contributed by atoms with Gasteiger partial charge in [-0.1, -0.05) is 0 Å². The molecule has 0 amide bonds. The third-order valence-corrected chi connectivity index (χ3v) is 7.45. The van der Waals surface area contributed by atoms with Crippen LogP contribution in [0.25, 0.3) is 0 Å². The summed E-state index contributed by atoms with van der Waals surface area (Å²) in [5.74, 6) is 2.09.